The van der Waals surface area contributed by atoms with Gasteiger partial charge < -0.3 is 15.2 Å². The lowest BCUT2D eigenvalue weighted by molar-refractivity contribution is 0.389. The Morgan fingerprint density at radius 2 is 1.89 bits per heavy atom. The number of anilines is 1. The fourth-order valence-electron chi connectivity index (χ4n) is 3.32. The molecule has 0 aliphatic carbocycles. The van der Waals surface area contributed by atoms with Crippen LogP contribution in [0.15, 0.2) is 40.4 Å². The van der Waals surface area contributed by atoms with Gasteiger partial charge >= 0.3 is 0 Å². The van der Waals surface area contributed by atoms with Crippen molar-refractivity contribution in [3.63, 3.8) is 0 Å². The molecule has 0 atom stereocenters. The zero-order valence-electron chi connectivity index (χ0n) is 17.0. The molecule has 0 bridgehead atoms. The van der Waals surface area contributed by atoms with Gasteiger partial charge in [-0.05, 0) is 54.2 Å². The first-order valence-corrected chi connectivity index (χ1v) is 9.52. The van der Waals surface area contributed by atoms with Crippen molar-refractivity contribution in [3.8, 4) is 11.5 Å². The summed E-state index contributed by atoms with van der Waals surface area (Å²) in [7, 11) is 3.32. The molecule has 1 heterocycles. The molecule has 3 rings (SSSR count). The maximum absolute atomic E-state index is 5.89. The van der Waals surface area contributed by atoms with Crippen LogP contribution in [0.3, 0.4) is 0 Å². The molecular weight excluding hydrogens is 352 g/mol. The Kier molecular flexibility index (Phi) is 6.19. The van der Waals surface area contributed by atoms with Crippen LogP contribution in [-0.2, 0) is 6.42 Å². The monoisotopic (exact) mass is 380 g/mol. The summed E-state index contributed by atoms with van der Waals surface area (Å²) in [5, 5.41) is 4.41. The number of aryl methyl sites for hydroxylation is 1. The summed E-state index contributed by atoms with van der Waals surface area (Å²) < 4.78 is 11.0. The van der Waals surface area contributed by atoms with Crippen LogP contribution in [0.5, 0.6) is 11.5 Å². The van der Waals surface area contributed by atoms with E-state index in [-0.39, 0.29) is 0 Å². The highest BCUT2D eigenvalue weighted by Crippen LogP contribution is 2.33. The van der Waals surface area contributed by atoms with Crippen LogP contribution >= 0.6 is 0 Å². The lowest BCUT2D eigenvalue weighted by atomic mass is 9.99. The quantitative estimate of drug-likeness (QED) is 0.458. The van der Waals surface area contributed by atoms with E-state index in [1.807, 2.05) is 24.3 Å². The maximum atomic E-state index is 5.89. The predicted molar refractivity (Wildman–Crippen MR) is 115 cm³/mol. The van der Waals surface area contributed by atoms with Crippen LogP contribution in [-0.4, -0.2) is 26.3 Å². The van der Waals surface area contributed by atoms with Gasteiger partial charge in [-0.25, -0.2) is 4.99 Å². The van der Waals surface area contributed by atoms with Gasteiger partial charge in [0.05, 0.1) is 26.1 Å². The highest BCUT2D eigenvalue weighted by Gasteiger charge is 2.13. The minimum Gasteiger partial charge on any atom is -0.496 e. The molecule has 0 aromatic heterocycles. The van der Waals surface area contributed by atoms with Crippen molar-refractivity contribution in [1.82, 2.24) is 5.43 Å². The molecule has 0 unspecified atom stereocenters. The number of nitrogens with one attached hydrogen (secondary N) is 1. The number of nitrogens with two attached hydrogens (primary N) is 1. The Morgan fingerprint density at radius 3 is 2.61 bits per heavy atom. The minimum absolute atomic E-state index is 0.330. The van der Waals surface area contributed by atoms with Crippen LogP contribution in [0, 0.1) is 0 Å². The molecule has 3 N–H and O–H groups in total. The molecule has 28 heavy (non-hydrogen) atoms. The average molecular weight is 380 g/mol. The molecule has 1 aliphatic heterocycles. The zero-order valence-corrected chi connectivity index (χ0v) is 17.0. The number of hydrogen-bond acceptors (Lipinski definition) is 6. The van der Waals surface area contributed by atoms with Crippen LogP contribution in [0.1, 0.15) is 49.3 Å². The average Bonchev–Trinajstić information content (AvgIpc) is 2.88. The summed E-state index contributed by atoms with van der Waals surface area (Å²) >= 11 is 0. The molecule has 0 saturated heterocycles. The van der Waals surface area contributed by atoms with Crippen molar-refractivity contribution < 1.29 is 9.47 Å². The smallest absolute Gasteiger partial charge is 0.131 e. The van der Waals surface area contributed by atoms with Gasteiger partial charge in [-0.2, -0.15) is 5.10 Å². The summed E-state index contributed by atoms with van der Waals surface area (Å²) in [6, 6.07) is 9.80. The zero-order chi connectivity index (χ0) is 20.1. The number of amidine groups is 1. The number of methoxy groups -OCH3 is 2. The van der Waals surface area contributed by atoms with Gasteiger partial charge in [-0.3, -0.25) is 5.43 Å². The van der Waals surface area contributed by atoms with Crippen molar-refractivity contribution in [2.75, 3.05) is 20.0 Å². The van der Waals surface area contributed by atoms with Gasteiger partial charge in [0.25, 0.3) is 0 Å². The third-order valence-electron chi connectivity index (χ3n) is 4.82. The van der Waals surface area contributed by atoms with E-state index in [9.17, 15) is 0 Å². The second kappa shape index (κ2) is 8.78. The van der Waals surface area contributed by atoms with E-state index in [2.05, 4.69) is 30.4 Å². The maximum Gasteiger partial charge on any atom is 0.131 e. The molecule has 6 heteroatoms. The number of aliphatic imine (C=N–C) groups is 1. The number of hydrazone groups is 1. The van der Waals surface area contributed by atoms with Crippen molar-refractivity contribution in [2.24, 2.45) is 10.1 Å². The van der Waals surface area contributed by atoms with E-state index in [4.69, 9.17) is 20.2 Å². The minimum atomic E-state index is 0.330. The first kappa shape index (κ1) is 19.7. The third-order valence-corrected chi connectivity index (χ3v) is 4.82. The van der Waals surface area contributed by atoms with Gasteiger partial charge in [-0.1, -0.05) is 13.8 Å². The largest absolute Gasteiger partial charge is 0.496 e. The van der Waals surface area contributed by atoms with E-state index >= 15 is 0 Å². The molecule has 0 amide bonds. The second-order valence-electron chi connectivity index (χ2n) is 7.16. The molecule has 148 valence electrons. The number of nitrogen functional groups attached to an aromatic ring is 1. The molecule has 0 spiro atoms. The number of rotatable bonds is 5. The normalized spacial score (nSPS) is 13.8. The molecule has 0 radical (unpaired) electrons. The predicted octanol–water partition coefficient (Wildman–Crippen LogP) is 4.40. The molecule has 1 aliphatic rings. The third kappa shape index (κ3) is 4.44. The summed E-state index contributed by atoms with van der Waals surface area (Å²) in [6.45, 7) is 4.27. The molecule has 2 aromatic rings. The van der Waals surface area contributed by atoms with Gasteiger partial charge in [-0.15, -0.1) is 0 Å². The fraction of sp³-hybridized carbons (Fsp3) is 0.364. The Hall–Kier alpha value is -3.02. The number of nitrogens with zero attached hydrogens (tertiary/aromatic N) is 2. The topological polar surface area (TPSA) is 81.2 Å². The highest BCUT2D eigenvalue weighted by molar-refractivity contribution is 5.89. The summed E-state index contributed by atoms with van der Waals surface area (Å²) in [5.41, 5.74) is 13.9. The van der Waals surface area contributed by atoms with Gasteiger partial charge in [0.15, 0.2) is 0 Å². The number of ether oxygens (including phenoxy) is 2. The van der Waals surface area contributed by atoms with Crippen LogP contribution < -0.4 is 20.6 Å². The lowest BCUT2D eigenvalue weighted by Crippen LogP contribution is -2.17. The first-order chi connectivity index (χ1) is 13.5. The van der Waals surface area contributed by atoms with Gasteiger partial charge in [0, 0.05) is 23.7 Å². The van der Waals surface area contributed by atoms with E-state index < -0.39 is 0 Å². The van der Waals surface area contributed by atoms with Crippen LogP contribution in [0.4, 0.5) is 11.4 Å². The second-order valence-corrected chi connectivity index (χ2v) is 7.16. The SMILES string of the molecule is COc1cc(OC)c(C(C)C)cc1/C=N/NC1=Nc2ccc(N)cc2CCC1. The van der Waals surface area contributed by atoms with Crippen LogP contribution in [0.25, 0.3) is 0 Å². The Morgan fingerprint density at radius 1 is 1.11 bits per heavy atom. The molecular formula is C22H28N4O2. The molecule has 0 fully saturated rings. The fourth-order valence-corrected chi connectivity index (χ4v) is 3.32. The Balaban J connectivity index is 1.82. The van der Waals surface area contributed by atoms with Crippen LogP contribution in [0.2, 0.25) is 0 Å². The number of benzene rings is 2. The van der Waals surface area contributed by atoms with Crippen molar-refractivity contribution in [1.29, 1.82) is 0 Å². The van der Waals surface area contributed by atoms with Crippen molar-refractivity contribution >= 4 is 23.4 Å². The Bertz CT molecular complexity index is 904. The summed E-state index contributed by atoms with van der Waals surface area (Å²) in [4.78, 5) is 4.71. The summed E-state index contributed by atoms with van der Waals surface area (Å²) in [5.74, 6) is 2.71. The number of hydrogen-bond donors (Lipinski definition) is 2. The first-order valence-electron chi connectivity index (χ1n) is 9.52. The van der Waals surface area contributed by atoms with E-state index in [0.29, 0.717) is 5.92 Å². The standard InChI is InChI=1S/C22H28N4O2/c1-14(2)18-11-16(20(27-3)12-21(18)28-4)13-24-26-22-7-5-6-15-10-17(23)8-9-19(15)25-22/h8-14H,5-7,23H2,1-4H3,(H,25,26)/b24-13+. The van der Waals surface area contributed by atoms with E-state index in [1.54, 1.807) is 20.4 Å². The van der Waals surface area contributed by atoms with E-state index in [1.165, 1.54) is 5.56 Å². The Labute approximate surface area is 166 Å². The van der Waals surface area contributed by atoms with Crippen molar-refractivity contribution in [2.45, 2.75) is 39.0 Å². The molecule has 6 nitrogen and oxygen atoms in total. The van der Waals surface area contributed by atoms with Crippen molar-refractivity contribution in [3.05, 3.63) is 47.0 Å². The molecule has 0 saturated carbocycles. The highest BCUT2D eigenvalue weighted by atomic mass is 16.5. The molecule has 2 aromatic carbocycles. The number of fused-ring (bicyclic) bond motifs is 1. The van der Waals surface area contributed by atoms with E-state index in [0.717, 1.165) is 59.1 Å². The summed E-state index contributed by atoms with van der Waals surface area (Å²) in [6.07, 6.45) is 4.56. The van der Waals surface area contributed by atoms with Gasteiger partial charge in [0.2, 0.25) is 0 Å². The lowest BCUT2D eigenvalue weighted by Gasteiger charge is -2.15. The van der Waals surface area contributed by atoms with Gasteiger partial charge in [0.1, 0.15) is 17.3 Å².